The van der Waals surface area contributed by atoms with Crippen molar-refractivity contribution < 1.29 is 17.9 Å². The molecule has 2 aliphatic heterocycles. The Kier molecular flexibility index (Phi) is 3.17. The topological polar surface area (TPSA) is 64.6 Å². The smallest absolute Gasteiger partial charge is 0.176 e. The molecule has 1 aromatic rings. The van der Waals surface area contributed by atoms with Gasteiger partial charge in [0.15, 0.2) is 21.3 Å². The molecule has 1 unspecified atom stereocenters. The van der Waals surface area contributed by atoms with Crippen molar-refractivity contribution in [3.8, 4) is 11.5 Å². The molecule has 0 amide bonds. The van der Waals surface area contributed by atoms with Gasteiger partial charge in [0.25, 0.3) is 0 Å². The van der Waals surface area contributed by atoms with Crippen LogP contribution in [0.2, 0.25) is 0 Å². The Morgan fingerprint density at radius 1 is 1.20 bits per heavy atom. The molecule has 5 nitrogen and oxygen atoms in total. The molecule has 0 bridgehead atoms. The molecule has 110 valence electrons. The molecular weight excluding hydrogens is 278 g/mol. The number of hydrogen-bond acceptors (Lipinski definition) is 5. The molecular formula is C14H19NO4S. The lowest BCUT2D eigenvalue weighted by molar-refractivity contribution is 0.170. The number of ether oxygens (including phenoxy) is 2. The molecule has 2 aliphatic rings. The minimum atomic E-state index is -3.32. The van der Waals surface area contributed by atoms with Gasteiger partial charge in [0.2, 0.25) is 0 Å². The van der Waals surface area contributed by atoms with Crippen LogP contribution in [0.3, 0.4) is 0 Å². The van der Waals surface area contributed by atoms with Crippen LogP contribution in [0.4, 0.5) is 0 Å². The fourth-order valence-corrected chi connectivity index (χ4v) is 3.94. The van der Waals surface area contributed by atoms with Crippen LogP contribution in [0, 0.1) is 0 Å². The molecule has 1 N–H and O–H groups in total. The Morgan fingerprint density at radius 3 is 2.40 bits per heavy atom. The second kappa shape index (κ2) is 4.63. The SMILES string of the molecule is CC1(c2cc3c(cc2S(C)(=O)=O)OCCO3)CCCN1. The Balaban J connectivity index is 2.20. The molecule has 1 fully saturated rings. The molecule has 1 atom stereocenters. The second-order valence-corrected chi connectivity index (χ2v) is 7.61. The summed E-state index contributed by atoms with van der Waals surface area (Å²) in [4.78, 5) is 0.332. The van der Waals surface area contributed by atoms with Gasteiger partial charge >= 0.3 is 0 Å². The largest absolute Gasteiger partial charge is 0.486 e. The van der Waals surface area contributed by atoms with E-state index in [-0.39, 0.29) is 5.54 Å². The van der Waals surface area contributed by atoms with E-state index in [9.17, 15) is 8.42 Å². The lowest BCUT2D eigenvalue weighted by Gasteiger charge is -2.29. The van der Waals surface area contributed by atoms with Crippen molar-refractivity contribution in [1.82, 2.24) is 5.32 Å². The molecule has 0 radical (unpaired) electrons. The van der Waals surface area contributed by atoms with E-state index in [0.717, 1.165) is 24.9 Å². The van der Waals surface area contributed by atoms with Gasteiger partial charge in [-0.3, -0.25) is 0 Å². The van der Waals surface area contributed by atoms with Crippen LogP contribution in [0.5, 0.6) is 11.5 Å². The van der Waals surface area contributed by atoms with Gasteiger partial charge in [-0.2, -0.15) is 0 Å². The molecule has 0 aromatic heterocycles. The fourth-order valence-electron chi connectivity index (χ4n) is 2.93. The standard InChI is InChI=1S/C14H19NO4S/c1-14(4-3-5-15-14)10-8-11-12(19-7-6-18-11)9-13(10)20(2,16)17/h8-9,15H,3-7H2,1-2H3. The highest BCUT2D eigenvalue weighted by molar-refractivity contribution is 7.90. The summed E-state index contributed by atoms with van der Waals surface area (Å²) in [7, 11) is -3.32. The third-order valence-electron chi connectivity index (χ3n) is 4.01. The summed E-state index contributed by atoms with van der Waals surface area (Å²) in [6.07, 6.45) is 3.18. The zero-order valence-corrected chi connectivity index (χ0v) is 12.5. The van der Waals surface area contributed by atoms with Crippen molar-refractivity contribution in [1.29, 1.82) is 0 Å². The molecule has 0 spiro atoms. The van der Waals surface area contributed by atoms with Crippen LogP contribution >= 0.6 is 0 Å². The number of sulfone groups is 1. The molecule has 6 heteroatoms. The summed E-state index contributed by atoms with van der Waals surface area (Å²) in [6, 6.07) is 3.42. The predicted octanol–water partition coefficient (Wildman–Crippen LogP) is 1.46. The van der Waals surface area contributed by atoms with Gasteiger partial charge in [0, 0.05) is 17.9 Å². The van der Waals surface area contributed by atoms with Crippen molar-refractivity contribution in [2.75, 3.05) is 26.0 Å². The van der Waals surface area contributed by atoms with Gasteiger partial charge in [0.1, 0.15) is 13.2 Å². The van der Waals surface area contributed by atoms with Gasteiger partial charge in [-0.05, 0) is 37.9 Å². The van der Waals surface area contributed by atoms with E-state index in [1.54, 1.807) is 6.07 Å². The van der Waals surface area contributed by atoms with Crippen LogP contribution in [0.1, 0.15) is 25.3 Å². The van der Waals surface area contributed by atoms with Crippen LogP contribution in [0.25, 0.3) is 0 Å². The first-order valence-electron chi connectivity index (χ1n) is 6.79. The number of rotatable bonds is 2. The fraction of sp³-hybridized carbons (Fsp3) is 0.571. The Morgan fingerprint density at radius 2 is 1.85 bits per heavy atom. The summed E-state index contributed by atoms with van der Waals surface area (Å²) in [5.41, 5.74) is 0.454. The van der Waals surface area contributed by atoms with E-state index in [1.807, 2.05) is 13.0 Å². The normalized spacial score (nSPS) is 25.7. The lowest BCUT2D eigenvalue weighted by atomic mass is 9.90. The van der Waals surface area contributed by atoms with Crippen molar-refractivity contribution in [2.24, 2.45) is 0 Å². The molecule has 1 saturated heterocycles. The lowest BCUT2D eigenvalue weighted by Crippen LogP contribution is -2.35. The van der Waals surface area contributed by atoms with Crippen molar-refractivity contribution in [3.05, 3.63) is 17.7 Å². The zero-order chi connectivity index (χ0) is 14.4. The summed E-state index contributed by atoms with van der Waals surface area (Å²) >= 11 is 0. The monoisotopic (exact) mass is 297 g/mol. The Hall–Kier alpha value is -1.27. The molecule has 0 saturated carbocycles. The maximum Gasteiger partial charge on any atom is 0.176 e. The van der Waals surface area contributed by atoms with Gasteiger partial charge in [-0.25, -0.2) is 8.42 Å². The Labute approximate surface area is 119 Å². The summed E-state index contributed by atoms with van der Waals surface area (Å²) in [5, 5.41) is 3.41. The Bertz CT molecular complexity index is 633. The summed E-state index contributed by atoms with van der Waals surface area (Å²) in [6.45, 7) is 3.88. The second-order valence-electron chi connectivity index (χ2n) is 5.63. The molecule has 0 aliphatic carbocycles. The maximum absolute atomic E-state index is 12.1. The number of nitrogens with one attached hydrogen (secondary N) is 1. The predicted molar refractivity (Wildman–Crippen MR) is 75.1 cm³/mol. The number of benzene rings is 1. The van der Waals surface area contributed by atoms with E-state index in [0.29, 0.717) is 29.6 Å². The molecule has 3 rings (SSSR count). The highest BCUT2D eigenvalue weighted by atomic mass is 32.2. The van der Waals surface area contributed by atoms with Crippen LogP contribution in [-0.4, -0.2) is 34.4 Å². The third-order valence-corrected chi connectivity index (χ3v) is 5.14. The van der Waals surface area contributed by atoms with Gasteiger partial charge < -0.3 is 14.8 Å². The first-order valence-corrected chi connectivity index (χ1v) is 8.68. The quantitative estimate of drug-likeness (QED) is 0.895. The highest BCUT2D eigenvalue weighted by Crippen LogP contribution is 2.41. The molecule has 2 heterocycles. The first-order chi connectivity index (χ1) is 9.40. The van der Waals surface area contributed by atoms with E-state index in [4.69, 9.17) is 9.47 Å². The molecule has 1 aromatic carbocycles. The summed E-state index contributed by atoms with van der Waals surface area (Å²) in [5.74, 6) is 1.15. The van der Waals surface area contributed by atoms with Gasteiger partial charge in [-0.1, -0.05) is 0 Å². The van der Waals surface area contributed by atoms with Gasteiger partial charge in [0.05, 0.1) is 4.90 Å². The van der Waals surface area contributed by atoms with Gasteiger partial charge in [-0.15, -0.1) is 0 Å². The van der Waals surface area contributed by atoms with Crippen LogP contribution in [0.15, 0.2) is 17.0 Å². The average Bonchev–Trinajstić information content (AvgIpc) is 2.84. The van der Waals surface area contributed by atoms with E-state index >= 15 is 0 Å². The molecule has 20 heavy (non-hydrogen) atoms. The average molecular weight is 297 g/mol. The minimum absolute atomic E-state index is 0.325. The van der Waals surface area contributed by atoms with Crippen molar-refractivity contribution in [3.63, 3.8) is 0 Å². The van der Waals surface area contributed by atoms with Crippen LogP contribution < -0.4 is 14.8 Å². The number of fused-ring (bicyclic) bond motifs is 1. The van der Waals surface area contributed by atoms with Crippen molar-refractivity contribution >= 4 is 9.84 Å². The highest BCUT2D eigenvalue weighted by Gasteiger charge is 2.36. The third kappa shape index (κ3) is 2.27. The van der Waals surface area contributed by atoms with Crippen molar-refractivity contribution in [2.45, 2.75) is 30.2 Å². The maximum atomic E-state index is 12.1. The first kappa shape index (κ1) is 13.7. The number of hydrogen-bond donors (Lipinski definition) is 1. The van der Waals surface area contributed by atoms with E-state index in [2.05, 4.69) is 5.32 Å². The van der Waals surface area contributed by atoms with E-state index < -0.39 is 9.84 Å². The summed E-state index contributed by atoms with van der Waals surface area (Å²) < 4.78 is 35.3. The zero-order valence-electron chi connectivity index (χ0n) is 11.7. The van der Waals surface area contributed by atoms with Crippen LogP contribution in [-0.2, 0) is 15.4 Å². The van der Waals surface area contributed by atoms with E-state index in [1.165, 1.54) is 6.26 Å². The minimum Gasteiger partial charge on any atom is -0.486 e.